The van der Waals surface area contributed by atoms with Gasteiger partial charge in [-0.1, -0.05) is 40.3 Å². The van der Waals surface area contributed by atoms with E-state index in [1.54, 1.807) is 6.92 Å². The fraction of sp³-hybridized carbons (Fsp3) is 0.300. The van der Waals surface area contributed by atoms with Gasteiger partial charge in [0.2, 0.25) is 10.0 Å². The number of hydrogen-bond acceptors (Lipinski definition) is 3. The fourth-order valence-electron chi connectivity index (χ4n) is 1.32. The van der Waals surface area contributed by atoms with Gasteiger partial charge in [-0.15, -0.1) is 0 Å². The molecule has 1 atom stereocenters. The van der Waals surface area contributed by atoms with Crippen LogP contribution in [0.1, 0.15) is 18.5 Å². The summed E-state index contributed by atoms with van der Waals surface area (Å²) in [5, 5.41) is 0. The molecular weight excluding hydrogens is 324 g/mol. The molecule has 1 unspecified atom stereocenters. The summed E-state index contributed by atoms with van der Waals surface area (Å²) in [6.45, 7) is 1.76. The smallest absolute Gasteiger partial charge is 0.218 e. The normalized spacial score (nSPS) is 13.3. The molecule has 0 saturated carbocycles. The molecule has 94 valence electrons. The lowest BCUT2D eigenvalue weighted by Gasteiger charge is -2.14. The van der Waals surface area contributed by atoms with Crippen LogP contribution in [-0.4, -0.2) is 19.2 Å². The standard InChI is InChI=1S/C10H13BrN2O2S2/c1-7(8-2-4-9(11)5-3-8)13-17(14,15)6-10(12)16/h2-5,7,13H,6H2,1H3,(H2,12,16). The van der Waals surface area contributed by atoms with E-state index < -0.39 is 10.0 Å². The summed E-state index contributed by atoms with van der Waals surface area (Å²) >= 11 is 7.90. The highest BCUT2D eigenvalue weighted by atomic mass is 79.9. The highest BCUT2D eigenvalue weighted by Gasteiger charge is 2.16. The summed E-state index contributed by atoms with van der Waals surface area (Å²) in [6, 6.07) is 7.08. The van der Waals surface area contributed by atoms with Crippen molar-refractivity contribution in [3.8, 4) is 0 Å². The molecule has 1 aromatic carbocycles. The van der Waals surface area contributed by atoms with Crippen molar-refractivity contribution in [2.75, 3.05) is 5.75 Å². The van der Waals surface area contributed by atoms with Crippen LogP contribution in [0.15, 0.2) is 28.7 Å². The molecule has 0 saturated heterocycles. The molecule has 0 fully saturated rings. The third-order valence-electron chi connectivity index (χ3n) is 2.06. The molecule has 17 heavy (non-hydrogen) atoms. The first-order valence-electron chi connectivity index (χ1n) is 4.84. The first-order chi connectivity index (χ1) is 7.80. The van der Waals surface area contributed by atoms with Crippen molar-refractivity contribution in [3.63, 3.8) is 0 Å². The monoisotopic (exact) mass is 336 g/mol. The van der Waals surface area contributed by atoms with Crippen molar-refractivity contribution in [2.24, 2.45) is 5.73 Å². The fourth-order valence-corrected chi connectivity index (χ4v) is 3.18. The Morgan fingerprint density at radius 2 is 2.00 bits per heavy atom. The molecule has 3 N–H and O–H groups in total. The van der Waals surface area contributed by atoms with Crippen molar-refractivity contribution < 1.29 is 8.42 Å². The Balaban J connectivity index is 2.75. The Morgan fingerprint density at radius 3 is 2.47 bits per heavy atom. The first kappa shape index (κ1) is 14.6. The molecule has 0 aromatic heterocycles. The van der Waals surface area contributed by atoms with Gasteiger partial charge in [0.15, 0.2) is 0 Å². The van der Waals surface area contributed by atoms with E-state index in [9.17, 15) is 8.42 Å². The molecule has 4 nitrogen and oxygen atoms in total. The summed E-state index contributed by atoms with van der Waals surface area (Å²) in [6.07, 6.45) is 0. The van der Waals surface area contributed by atoms with Crippen molar-refractivity contribution in [1.29, 1.82) is 0 Å². The highest BCUT2D eigenvalue weighted by Crippen LogP contribution is 2.17. The number of hydrogen-bond donors (Lipinski definition) is 2. The Bertz CT molecular complexity index is 500. The van der Waals surface area contributed by atoms with E-state index in [4.69, 9.17) is 5.73 Å². The molecule has 0 spiro atoms. The quantitative estimate of drug-likeness (QED) is 0.803. The van der Waals surface area contributed by atoms with Gasteiger partial charge in [0.05, 0.1) is 4.99 Å². The van der Waals surface area contributed by atoms with E-state index in [2.05, 4.69) is 32.9 Å². The van der Waals surface area contributed by atoms with Crippen LogP contribution in [0, 0.1) is 0 Å². The van der Waals surface area contributed by atoms with Crippen LogP contribution in [0.4, 0.5) is 0 Å². The predicted octanol–water partition coefficient (Wildman–Crippen LogP) is 1.72. The number of sulfonamides is 1. The minimum atomic E-state index is -3.47. The van der Waals surface area contributed by atoms with Gasteiger partial charge in [0.25, 0.3) is 0 Å². The Labute approximate surface area is 115 Å². The molecule has 0 aliphatic rings. The maximum absolute atomic E-state index is 11.6. The lowest BCUT2D eigenvalue weighted by Crippen LogP contribution is -2.34. The van der Waals surface area contributed by atoms with Crippen molar-refractivity contribution in [2.45, 2.75) is 13.0 Å². The van der Waals surface area contributed by atoms with Gasteiger partial charge >= 0.3 is 0 Å². The lowest BCUT2D eigenvalue weighted by molar-refractivity contribution is 0.571. The van der Waals surface area contributed by atoms with Crippen molar-refractivity contribution >= 4 is 43.2 Å². The van der Waals surface area contributed by atoms with Crippen LogP contribution in [0.3, 0.4) is 0 Å². The second kappa shape index (κ2) is 5.90. The molecule has 7 heteroatoms. The third kappa shape index (κ3) is 5.12. The SMILES string of the molecule is CC(NS(=O)(=O)CC(N)=S)c1ccc(Br)cc1. The van der Waals surface area contributed by atoms with Crippen LogP contribution >= 0.6 is 28.1 Å². The molecule has 1 aromatic rings. The number of rotatable bonds is 5. The van der Waals surface area contributed by atoms with Gasteiger partial charge in [0, 0.05) is 10.5 Å². The van der Waals surface area contributed by atoms with E-state index in [0.717, 1.165) is 10.0 Å². The number of nitrogens with two attached hydrogens (primary N) is 1. The van der Waals surface area contributed by atoms with Gasteiger partial charge in [-0.05, 0) is 24.6 Å². The molecular formula is C10H13BrN2O2S2. The van der Waals surface area contributed by atoms with E-state index in [1.807, 2.05) is 24.3 Å². The van der Waals surface area contributed by atoms with Gasteiger partial charge < -0.3 is 5.73 Å². The van der Waals surface area contributed by atoms with Crippen LogP contribution in [-0.2, 0) is 10.0 Å². The Morgan fingerprint density at radius 1 is 1.47 bits per heavy atom. The van der Waals surface area contributed by atoms with E-state index in [-0.39, 0.29) is 16.8 Å². The second-order valence-electron chi connectivity index (χ2n) is 3.62. The topological polar surface area (TPSA) is 72.2 Å². The molecule has 0 aliphatic carbocycles. The van der Waals surface area contributed by atoms with Gasteiger partial charge in [-0.25, -0.2) is 13.1 Å². The van der Waals surface area contributed by atoms with Gasteiger partial charge in [0.1, 0.15) is 5.75 Å². The van der Waals surface area contributed by atoms with Gasteiger partial charge in [-0.3, -0.25) is 0 Å². The Hall–Kier alpha value is -0.500. The summed E-state index contributed by atoms with van der Waals surface area (Å²) in [5.74, 6) is -0.330. The average molecular weight is 337 g/mol. The second-order valence-corrected chi connectivity index (χ2v) is 6.81. The first-order valence-corrected chi connectivity index (χ1v) is 7.69. The number of benzene rings is 1. The van der Waals surface area contributed by atoms with E-state index >= 15 is 0 Å². The zero-order chi connectivity index (χ0) is 13.1. The van der Waals surface area contributed by atoms with E-state index in [0.29, 0.717) is 0 Å². The maximum Gasteiger partial charge on any atom is 0.218 e. The van der Waals surface area contributed by atoms with Crippen molar-refractivity contribution in [3.05, 3.63) is 34.3 Å². The number of halogens is 1. The van der Waals surface area contributed by atoms with E-state index in [1.165, 1.54) is 0 Å². The molecule has 0 radical (unpaired) electrons. The molecule has 0 aliphatic heterocycles. The molecule has 0 bridgehead atoms. The van der Waals surface area contributed by atoms with Crippen LogP contribution in [0.2, 0.25) is 0 Å². The van der Waals surface area contributed by atoms with Crippen LogP contribution in [0.5, 0.6) is 0 Å². The lowest BCUT2D eigenvalue weighted by atomic mass is 10.1. The number of nitrogens with one attached hydrogen (secondary N) is 1. The third-order valence-corrected chi connectivity index (χ3v) is 4.32. The average Bonchev–Trinajstić information content (AvgIpc) is 2.15. The minimum Gasteiger partial charge on any atom is -0.392 e. The minimum absolute atomic E-state index is 0.0412. The molecule has 0 heterocycles. The summed E-state index contributed by atoms with van der Waals surface area (Å²) in [5.41, 5.74) is 6.09. The highest BCUT2D eigenvalue weighted by molar-refractivity contribution is 9.10. The summed E-state index contributed by atoms with van der Waals surface area (Å²) < 4.78 is 26.7. The van der Waals surface area contributed by atoms with Gasteiger partial charge in [-0.2, -0.15) is 0 Å². The Kier molecular flexibility index (Phi) is 5.05. The zero-order valence-electron chi connectivity index (χ0n) is 9.18. The zero-order valence-corrected chi connectivity index (χ0v) is 12.4. The molecule has 0 amide bonds. The predicted molar refractivity (Wildman–Crippen MR) is 76.3 cm³/mol. The van der Waals surface area contributed by atoms with Crippen LogP contribution in [0.25, 0.3) is 0 Å². The van der Waals surface area contributed by atoms with Crippen molar-refractivity contribution in [1.82, 2.24) is 4.72 Å². The number of thiocarbonyl (C=S) groups is 1. The summed E-state index contributed by atoms with van der Waals surface area (Å²) in [4.78, 5) is -0.0412. The van der Waals surface area contributed by atoms with Crippen LogP contribution < -0.4 is 10.5 Å². The summed E-state index contributed by atoms with van der Waals surface area (Å²) in [7, 11) is -3.47. The maximum atomic E-state index is 11.6. The molecule has 1 rings (SSSR count). The largest absolute Gasteiger partial charge is 0.392 e.